The molecule has 24 heavy (non-hydrogen) atoms. The minimum Gasteiger partial charge on any atom is -0.444 e. The lowest BCUT2D eigenvalue weighted by Crippen LogP contribution is -2.45. The zero-order valence-corrected chi connectivity index (χ0v) is 14.1. The zero-order chi connectivity index (χ0) is 17.5. The van der Waals surface area contributed by atoms with Crippen molar-refractivity contribution in [1.29, 1.82) is 0 Å². The first-order valence-corrected chi connectivity index (χ1v) is 8.13. The number of rotatable bonds is 1. The van der Waals surface area contributed by atoms with Gasteiger partial charge in [0.15, 0.2) is 0 Å². The second-order valence-electron chi connectivity index (χ2n) is 7.27. The number of likely N-dealkylation sites (tertiary alicyclic amines) is 1. The van der Waals surface area contributed by atoms with E-state index in [1.165, 1.54) is 12.1 Å². The molecule has 1 fully saturated rings. The minimum absolute atomic E-state index is 0.250. The van der Waals surface area contributed by atoms with Gasteiger partial charge in [0.2, 0.25) is 0 Å². The Hall–Kier alpha value is -2.11. The fourth-order valence-electron chi connectivity index (χ4n) is 3.14. The van der Waals surface area contributed by atoms with E-state index in [1.54, 1.807) is 37.9 Å². The lowest BCUT2D eigenvalue weighted by atomic mass is 9.89. The number of nitrogens with zero attached hydrogens (tertiary/aromatic N) is 1. The van der Waals surface area contributed by atoms with Crippen molar-refractivity contribution in [3.63, 3.8) is 0 Å². The van der Waals surface area contributed by atoms with Gasteiger partial charge in [0.1, 0.15) is 17.6 Å². The maximum atomic E-state index is 14.5. The van der Waals surface area contributed by atoms with Crippen LogP contribution < -0.4 is 0 Å². The summed E-state index contributed by atoms with van der Waals surface area (Å²) in [5.74, 6) is -0.794. The second kappa shape index (κ2) is 6.07. The Kier molecular flexibility index (Phi) is 4.24. The van der Waals surface area contributed by atoms with E-state index in [2.05, 4.69) is 4.98 Å². The number of fused-ring (bicyclic) bond motifs is 1. The molecule has 2 heterocycles. The molecule has 1 aliphatic heterocycles. The zero-order valence-electron chi connectivity index (χ0n) is 14.1. The van der Waals surface area contributed by atoms with Gasteiger partial charge in [-0.2, -0.15) is 0 Å². The highest BCUT2D eigenvalue weighted by molar-refractivity contribution is 5.84. The number of carbonyl (C=O) groups excluding carboxylic acids is 1. The number of ether oxygens (including phenoxy) is 1. The van der Waals surface area contributed by atoms with Gasteiger partial charge in [-0.1, -0.05) is 0 Å². The molecule has 1 amide bonds. The van der Waals surface area contributed by atoms with Crippen molar-refractivity contribution >= 4 is 17.0 Å². The SMILES string of the molecule is CC(C)(C)OC(=O)N1CC[C@@H](F)[C@H](c2c[nH]c3cc(F)ccc23)C1. The number of carbonyl (C=O) groups is 1. The van der Waals surface area contributed by atoms with Crippen LogP contribution in [0.25, 0.3) is 10.9 Å². The molecule has 130 valence electrons. The number of halogens is 2. The second-order valence-corrected chi connectivity index (χ2v) is 7.27. The number of hydrogen-bond acceptors (Lipinski definition) is 2. The number of nitrogens with one attached hydrogen (secondary N) is 1. The Morgan fingerprint density at radius 1 is 1.38 bits per heavy atom. The predicted molar refractivity (Wildman–Crippen MR) is 88.3 cm³/mol. The molecule has 1 saturated heterocycles. The number of aromatic nitrogens is 1. The minimum atomic E-state index is -1.05. The quantitative estimate of drug-likeness (QED) is 0.840. The molecule has 0 saturated carbocycles. The third-order valence-electron chi connectivity index (χ3n) is 4.26. The van der Waals surface area contributed by atoms with E-state index in [9.17, 15) is 13.6 Å². The average Bonchev–Trinajstić information content (AvgIpc) is 2.88. The van der Waals surface area contributed by atoms with E-state index in [4.69, 9.17) is 4.74 Å². The molecule has 3 rings (SSSR count). The van der Waals surface area contributed by atoms with Crippen LogP contribution in [0.15, 0.2) is 24.4 Å². The highest BCUT2D eigenvalue weighted by Crippen LogP contribution is 2.34. The number of aromatic amines is 1. The summed E-state index contributed by atoms with van der Waals surface area (Å²) in [5.41, 5.74) is 0.814. The molecule has 2 atom stereocenters. The summed E-state index contributed by atoms with van der Waals surface area (Å²) in [4.78, 5) is 16.8. The lowest BCUT2D eigenvalue weighted by Gasteiger charge is -2.36. The first-order chi connectivity index (χ1) is 11.2. The van der Waals surface area contributed by atoms with Crippen LogP contribution in [0.4, 0.5) is 13.6 Å². The summed E-state index contributed by atoms with van der Waals surface area (Å²) in [5, 5.41) is 0.787. The number of benzene rings is 1. The summed E-state index contributed by atoms with van der Waals surface area (Å²) >= 11 is 0. The molecule has 0 aliphatic carbocycles. The summed E-state index contributed by atoms with van der Waals surface area (Å²) < 4.78 is 33.2. The highest BCUT2D eigenvalue weighted by Gasteiger charge is 2.35. The van der Waals surface area contributed by atoms with Gasteiger partial charge in [0.05, 0.1) is 0 Å². The standard InChI is InChI=1S/C18H22F2N2O2/c1-18(2,3)24-17(23)22-7-6-15(20)14(10-22)13-9-21-16-8-11(19)4-5-12(13)16/h4-5,8-9,14-15,21H,6-7,10H2,1-3H3/t14-,15+/m0/s1. The molecule has 1 aliphatic rings. The number of hydrogen-bond donors (Lipinski definition) is 1. The molecule has 1 aromatic heterocycles. The fourth-order valence-corrected chi connectivity index (χ4v) is 3.14. The number of H-pyrrole nitrogens is 1. The van der Waals surface area contributed by atoms with Crippen LogP contribution in [0.3, 0.4) is 0 Å². The maximum absolute atomic E-state index is 14.5. The Bertz CT molecular complexity index is 751. The molecule has 2 aromatic rings. The van der Waals surface area contributed by atoms with Crippen molar-refractivity contribution in [2.45, 2.75) is 44.9 Å². The van der Waals surface area contributed by atoms with Crippen molar-refractivity contribution in [2.75, 3.05) is 13.1 Å². The van der Waals surface area contributed by atoms with Gasteiger partial charge >= 0.3 is 6.09 Å². The van der Waals surface area contributed by atoms with Crippen LogP contribution in [0, 0.1) is 5.82 Å². The van der Waals surface area contributed by atoms with Crippen molar-refractivity contribution in [3.8, 4) is 0 Å². The van der Waals surface area contributed by atoms with Gasteiger partial charge in [-0.05, 0) is 51.0 Å². The molecule has 0 unspecified atom stereocenters. The highest BCUT2D eigenvalue weighted by atomic mass is 19.1. The van der Waals surface area contributed by atoms with E-state index >= 15 is 0 Å². The van der Waals surface area contributed by atoms with E-state index in [1.807, 2.05) is 0 Å². The van der Waals surface area contributed by atoms with Crippen molar-refractivity contribution < 1.29 is 18.3 Å². The molecule has 6 heteroatoms. The summed E-state index contributed by atoms with van der Waals surface area (Å²) in [6, 6.07) is 4.40. The monoisotopic (exact) mass is 336 g/mol. The number of amides is 1. The molecule has 4 nitrogen and oxygen atoms in total. The normalized spacial score (nSPS) is 22.0. The summed E-state index contributed by atoms with van der Waals surface area (Å²) in [6.45, 7) is 6.00. The van der Waals surface area contributed by atoms with Gasteiger partial charge in [-0.3, -0.25) is 0 Å². The largest absolute Gasteiger partial charge is 0.444 e. The lowest BCUT2D eigenvalue weighted by molar-refractivity contribution is 0.0135. The third-order valence-corrected chi connectivity index (χ3v) is 4.26. The van der Waals surface area contributed by atoms with E-state index in [-0.39, 0.29) is 18.8 Å². The van der Waals surface area contributed by atoms with Crippen LogP contribution in [0.1, 0.15) is 38.7 Å². The average molecular weight is 336 g/mol. The van der Waals surface area contributed by atoms with Gasteiger partial charge in [0.25, 0.3) is 0 Å². The molecular weight excluding hydrogens is 314 g/mol. The van der Waals surface area contributed by atoms with E-state index < -0.39 is 23.8 Å². The van der Waals surface area contributed by atoms with E-state index in [0.29, 0.717) is 12.1 Å². The Morgan fingerprint density at radius 2 is 2.12 bits per heavy atom. The van der Waals surface area contributed by atoms with Crippen molar-refractivity contribution in [1.82, 2.24) is 9.88 Å². The van der Waals surface area contributed by atoms with Gasteiger partial charge in [0, 0.05) is 36.1 Å². The summed E-state index contributed by atoms with van der Waals surface area (Å²) in [7, 11) is 0. The first-order valence-electron chi connectivity index (χ1n) is 8.13. The molecular formula is C18H22F2N2O2. The van der Waals surface area contributed by atoms with Crippen LogP contribution >= 0.6 is 0 Å². The molecule has 0 radical (unpaired) electrons. The number of piperidine rings is 1. The molecule has 0 spiro atoms. The predicted octanol–water partition coefficient (Wildman–Crippen LogP) is 4.37. The number of alkyl halides is 1. The smallest absolute Gasteiger partial charge is 0.410 e. The van der Waals surface area contributed by atoms with Crippen LogP contribution in [-0.4, -0.2) is 40.8 Å². The van der Waals surface area contributed by atoms with Gasteiger partial charge < -0.3 is 14.6 Å². The summed E-state index contributed by atoms with van der Waals surface area (Å²) in [6.07, 6.45) is 0.496. The van der Waals surface area contributed by atoms with Gasteiger partial charge in [-0.25, -0.2) is 13.6 Å². The third kappa shape index (κ3) is 3.37. The fraction of sp³-hybridized carbons (Fsp3) is 0.500. The molecule has 1 N–H and O–H groups in total. The molecule has 0 bridgehead atoms. The van der Waals surface area contributed by atoms with E-state index in [0.717, 1.165) is 10.9 Å². The maximum Gasteiger partial charge on any atom is 0.410 e. The Balaban J connectivity index is 1.84. The van der Waals surface area contributed by atoms with Crippen LogP contribution in [0.2, 0.25) is 0 Å². The van der Waals surface area contributed by atoms with Gasteiger partial charge in [-0.15, -0.1) is 0 Å². The van der Waals surface area contributed by atoms with Crippen LogP contribution in [0.5, 0.6) is 0 Å². The van der Waals surface area contributed by atoms with Crippen LogP contribution in [-0.2, 0) is 4.74 Å². The van der Waals surface area contributed by atoms with Crippen molar-refractivity contribution in [3.05, 3.63) is 35.8 Å². The Labute approximate surface area is 139 Å². The Morgan fingerprint density at radius 3 is 2.83 bits per heavy atom. The first kappa shape index (κ1) is 16.7. The molecule has 1 aromatic carbocycles. The topological polar surface area (TPSA) is 45.3 Å². The van der Waals surface area contributed by atoms with Crippen molar-refractivity contribution in [2.24, 2.45) is 0 Å².